The Labute approximate surface area is 198 Å². The normalized spacial score (nSPS) is 11.0. The number of unbranched alkanes of at least 4 members (excludes halogenated alkanes) is 1. The maximum atomic E-state index is 13.3. The van der Waals surface area contributed by atoms with Crippen molar-refractivity contribution in [1.29, 1.82) is 0 Å². The van der Waals surface area contributed by atoms with Crippen LogP contribution in [0.4, 0.5) is 15.8 Å². The average Bonchev–Trinajstić information content (AvgIpc) is 2.84. The van der Waals surface area contributed by atoms with Gasteiger partial charge in [-0.1, -0.05) is 31.5 Å². The molecule has 0 fully saturated rings. The van der Waals surface area contributed by atoms with Gasteiger partial charge in [0.1, 0.15) is 12.4 Å². The number of sulfonamides is 1. The van der Waals surface area contributed by atoms with E-state index in [9.17, 15) is 22.4 Å². The largest absolute Gasteiger partial charge is 0.462 e. The highest BCUT2D eigenvalue weighted by atomic mass is 32.2. The lowest BCUT2D eigenvalue weighted by molar-refractivity contribution is -0.114. The van der Waals surface area contributed by atoms with Crippen LogP contribution >= 0.6 is 0 Å². The van der Waals surface area contributed by atoms with E-state index in [0.29, 0.717) is 17.9 Å². The lowest BCUT2D eigenvalue weighted by Crippen LogP contribution is -2.38. The second-order valence-electron chi connectivity index (χ2n) is 7.42. The summed E-state index contributed by atoms with van der Waals surface area (Å²) in [5.74, 6) is -1.61. The van der Waals surface area contributed by atoms with Gasteiger partial charge in [-0.05, 0) is 67.1 Å². The Balaban J connectivity index is 1.75. The van der Waals surface area contributed by atoms with Gasteiger partial charge in [0.25, 0.3) is 10.0 Å². The Kier molecular flexibility index (Phi) is 8.37. The number of hydrogen-bond donors (Lipinski definition) is 1. The Morgan fingerprint density at radius 1 is 0.941 bits per heavy atom. The number of benzene rings is 3. The van der Waals surface area contributed by atoms with Crippen molar-refractivity contribution in [2.45, 2.75) is 24.7 Å². The van der Waals surface area contributed by atoms with E-state index in [2.05, 4.69) is 5.32 Å². The summed E-state index contributed by atoms with van der Waals surface area (Å²) in [5, 5.41) is 2.64. The van der Waals surface area contributed by atoms with Gasteiger partial charge in [0, 0.05) is 5.69 Å². The number of carbonyl (C=O) groups is 2. The minimum absolute atomic E-state index is 0.142. The number of carbonyl (C=O) groups excluding carboxylic acids is 2. The molecule has 34 heavy (non-hydrogen) atoms. The summed E-state index contributed by atoms with van der Waals surface area (Å²) in [4.78, 5) is 24.6. The van der Waals surface area contributed by atoms with Crippen LogP contribution in [-0.2, 0) is 19.6 Å². The van der Waals surface area contributed by atoms with E-state index in [1.807, 2.05) is 6.92 Å². The van der Waals surface area contributed by atoms with Crippen molar-refractivity contribution in [3.63, 3.8) is 0 Å². The number of rotatable bonds is 10. The predicted molar refractivity (Wildman–Crippen MR) is 128 cm³/mol. The third-order valence-corrected chi connectivity index (χ3v) is 6.66. The maximum Gasteiger partial charge on any atom is 0.338 e. The standard InChI is InChI=1S/C25H25FN2O5S/c1-2-3-17-33-25(30)19-9-13-21(14-10-19)27-24(29)18-28(22-7-5-4-6-8-22)34(31,32)23-15-11-20(26)12-16-23/h4-16H,2-3,17-18H2,1H3,(H,27,29). The number of amides is 1. The monoisotopic (exact) mass is 484 g/mol. The van der Waals surface area contributed by atoms with E-state index in [1.54, 1.807) is 30.3 Å². The molecule has 1 amide bonds. The topological polar surface area (TPSA) is 92.8 Å². The summed E-state index contributed by atoms with van der Waals surface area (Å²) >= 11 is 0. The predicted octanol–water partition coefficient (Wildman–Crippen LogP) is 4.62. The molecule has 0 bridgehead atoms. The van der Waals surface area contributed by atoms with Crippen LogP contribution in [0.1, 0.15) is 30.1 Å². The zero-order valence-corrected chi connectivity index (χ0v) is 19.4. The molecule has 0 saturated heterocycles. The zero-order chi connectivity index (χ0) is 24.6. The van der Waals surface area contributed by atoms with Crippen molar-refractivity contribution in [3.05, 3.63) is 90.2 Å². The minimum atomic E-state index is -4.14. The van der Waals surface area contributed by atoms with Crippen molar-refractivity contribution in [3.8, 4) is 0 Å². The van der Waals surface area contributed by atoms with Crippen LogP contribution < -0.4 is 9.62 Å². The molecule has 7 nitrogen and oxygen atoms in total. The molecule has 0 spiro atoms. The van der Waals surface area contributed by atoms with Gasteiger partial charge in [-0.2, -0.15) is 0 Å². The molecule has 0 saturated carbocycles. The zero-order valence-electron chi connectivity index (χ0n) is 18.6. The molecule has 0 atom stereocenters. The van der Waals surface area contributed by atoms with Crippen molar-refractivity contribution >= 4 is 33.3 Å². The number of para-hydroxylation sites is 1. The number of ether oxygens (including phenoxy) is 1. The molecule has 0 aliphatic rings. The lowest BCUT2D eigenvalue weighted by Gasteiger charge is -2.24. The maximum absolute atomic E-state index is 13.3. The fraction of sp³-hybridized carbons (Fsp3) is 0.200. The molecular weight excluding hydrogens is 459 g/mol. The first-order chi connectivity index (χ1) is 16.3. The van der Waals surface area contributed by atoms with E-state index in [-0.39, 0.29) is 10.6 Å². The van der Waals surface area contributed by atoms with Gasteiger partial charge in [-0.3, -0.25) is 9.10 Å². The van der Waals surface area contributed by atoms with Crippen molar-refractivity contribution < 1.29 is 27.1 Å². The molecule has 9 heteroatoms. The number of anilines is 2. The van der Waals surface area contributed by atoms with Crippen LogP contribution in [0.3, 0.4) is 0 Å². The Morgan fingerprint density at radius 3 is 2.21 bits per heavy atom. The lowest BCUT2D eigenvalue weighted by atomic mass is 10.2. The summed E-state index contributed by atoms with van der Waals surface area (Å²) < 4.78 is 45.9. The molecular formula is C25H25FN2O5S. The van der Waals surface area contributed by atoms with Gasteiger partial charge in [0.2, 0.25) is 5.91 Å². The number of halogens is 1. The molecule has 0 heterocycles. The number of esters is 1. The van der Waals surface area contributed by atoms with E-state index in [4.69, 9.17) is 4.74 Å². The SMILES string of the molecule is CCCCOC(=O)c1ccc(NC(=O)CN(c2ccccc2)S(=O)(=O)c2ccc(F)cc2)cc1. The smallest absolute Gasteiger partial charge is 0.338 e. The van der Waals surface area contributed by atoms with Crippen LogP contribution in [0.2, 0.25) is 0 Å². The van der Waals surface area contributed by atoms with Crippen molar-refractivity contribution in [2.24, 2.45) is 0 Å². The highest BCUT2D eigenvalue weighted by Gasteiger charge is 2.27. The summed E-state index contributed by atoms with van der Waals surface area (Å²) in [5.41, 5.74) is 1.02. The van der Waals surface area contributed by atoms with E-state index in [0.717, 1.165) is 41.4 Å². The van der Waals surface area contributed by atoms with Crippen LogP contribution in [-0.4, -0.2) is 33.4 Å². The van der Waals surface area contributed by atoms with Crippen molar-refractivity contribution in [1.82, 2.24) is 0 Å². The first-order valence-corrected chi connectivity index (χ1v) is 12.2. The van der Waals surface area contributed by atoms with Crippen LogP contribution in [0.25, 0.3) is 0 Å². The summed E-state index contributed by atoms with van der Waals surface area (Å²) in [7, 11) is -4.14. The van der Waals surface area contributed by atoms with Crippen LogP contribution in [0.15, 0.2) is 83.8 Å². The van der Waals surface area contributed by atoms with Crippen molar-refractivity contribution in [2.75, 3.05) is 22.8 Å². The van der Waals surface area contributed by atoms with Gasteiger partial charge in [-0.15, -0.1) is 0 Å². The second kappa shape index (κ2) is 11.4. The number of hydrogen-bond acceptors (Lipinski definition) is 5. The Bertz CT molecular complexity index is 1210. The molecule has 0 aliphatic carbocycles. The average molecular weight is 485 g/mol. The first-order valence-electron chi connectivity index (χ1n) is 10.7. The quantitative estimate of drug-likeness (QED) is 0.335. The first kappa shape index (κ1) is 24.9. The van der Waals surface area contributed by atoms with Gasteiger partial charge < -0.3 is 10.1 Å². The molecule has 0 unspecified atom stereocenters. The molecule has 3 aromatic carbocycles. The van der Waals surface area contributed by atoms with E-state index in [1.165, 1.54) is 24.3 Å². The second-order valence-corrected chi connectivity index (χ2v) is 9.28. The molecule has 3 rings (SSSR count). The number of nitrogens with zero attached hydrogens (tertiary/aromatic N) is 1. The molecule has 3 aromatic rings. The fourth-order valence-electron chi connectivity index (χ4n) is 3.06. The van der Waals surface area contributed by atoms with Gasteiger partial charge >= 0.3 is 5.97 Å². The molecule has 1 N–H and O–H groups in total. The Morgan fingerprint density at radius 2 is 1.59 bits per heavy atom. The Hall–Kier alpha value is -3.72. The van der Waals surface area contributed by atoms with E-state index >= 15 is 0 Å². The summed E-state index contributed by atoms with van der Waals surface area (Å²) in [6, 6.07) is 18.7. The summed E-state index contributed by atoms with van der Waals surface area (Å²) in [6.07, 6.45) is 1.69. The molecule has 0 radical (unpaired) electrons. The van der Waals surface area contributed by atoms with E-state index < -0.39 is 34.3 Å². The highest BCUT2D eigenvalue weighted by Crippen LogP contribution is 2.24. The third kappa shape index (κ3) is 6.41. The molecule has 0 aromatic heterocycles. The van der Waals surface area contributed by atoms with Gasteiger partial charge in [0.05, 0.1) is 22.8 Å². The van der Waals surface area contributed by atoms with Gasteiger partial charge in [-0.25, -0.2) is 17.6 Å². The van der Waals surface area contributed by atoms with Crippen LogP contribution in [0, 0.1) is 5.82 Å². The molecule has 178 valence electrons. The van der Waals surface area contributed by atoms with Crippen LogP contribution in [0.5, 0.6) is 0 Å². The fourth-order valence-corrected chi connectivity index (χ4v) is 4.48. The number of nitrogens with one attached hydrogen (secondary N) is 1. The highest BCUT2D eigenvalue weighted by molar-refractivity contribution is 7.92. The third-order valence-electron chi connectivity index (χ3n) is 4.87. The molecule has 0 aliphatic heterocycles. The van der Waals surface area contributed by atoms with Gasteiger partial charge in [0.15, 0.2) is 0 Å². The minimum Gasteiger partial charge on any atom is -0.462 e. The summed E-state index contributed by atoms with van der Waals surface area (Å²) in [6.45, 7) is 1.82.